The van der Waals surface area contributed by atoms with Gasteiger partial charge in [0.15, 0.2) is 0 Å². The molecule has 2 rings (SSSR count). The molecule has 0 radical (unpaired) electrons. The van der Waals surface area contributed by atoms with Gasteiger partial charge in [0, 0.05) is 17.5 Å². The normalized spacial score (nSPS) is 12.1. The van der Waals surface area contributed by atoms with E-state index in [4.69, 9.17) is 16.6 Å². The fourth-order valence-corrected chi connectivity index (χ4v) is 2.23. The Hall–Kier alpha value is -1.60. The van der Waals surface area contributed by atoms with Crippen molar-refractivity contribution >= 4 is 12.2 Å². The Balaban J connectivity index is 2.21. The lowest BCUT2D eigenvalue weighted by Crippen LogP contribution is -2.28. The maximum Gasteiger partial charge on any atom is 0.288 e. The minimum absolute atomic E-state index is 0.0420. The Morgan fingerprint density at radius 3 is 2.35 bits per heavy atom. The highest BCUT2D eigenvalue weighted by molar-refractivity contribution is 7.71. The van der Waals surface area contributed by atoms with Crippen LogP contribution < -0.4 is 0 Å². The lowest BCUT2D eigenvalue weighted by atomic mass is 9.97. The molecule has 126 valence electrons. The van der Waals surface area contributed by atoms with Crippen molar-refractivity contribution in [2.75, 3.05) is 6.54 Å². The van der Waals surface area contributed by atoms with Crippen LogP contribution in [0.5, 0.6) is 0 Å². The van der Waals surface area contributed by atoms with Crippen LogP contribution in [0.3, 0.4) is 0 Å². The van der Waals surface area contributed by atoms with Crippen molar-refractivity contribution in [2.45, 2.75) is 46.3 Å². The highest BCUT2D eigenvalue weighted by Crippen LogP contribution is 2.21. The first-order valence-corrected chi connectivity index (χ1v) is 7.87. The van der Waals surface area contributed by atoms with E-state index in [2.05, 4.69) is 5.10 Å². The number of hydrogen-bond donors (Lipinski definition) is 0. The molecule has 0 aliphatic carbocycles. The molecule has 0 atom stereocenters. The third kappa shape index (κ3) is 4.23. The van der Waals surface area contributed by atoms with Gasteiger partial charge in [-0.3, -0.25) is 4.90 Å². The van der Waals surface area contributed by atoms with Crippen LogP contribution in [-0.4, -0.2) is 21.2 Å². The van der Waals surface area contributed by atoms with E-state index in [0.29, 0.717) is 19.1 Å². The fraction of sp³-hybridized carbons (Fsp3) is 0.500. The Morgan fingerprint density at radius 2 is 1.87 bits per heavy atom. The van der Waals surface area contributed by atoms with Gasteiger partial charge in [0.1, 0.15) is 11.6 Å². The number of rotatable bonds is 5. The van der Waals surface area contributed by atoms with Crippen LogP contribution in [-0.2, 0) is 18.6 Å². The van der Waals surface area contributed by atoms with Crippen molar-refractivity contribution in [3.63, 3.8) is 0 Å². The monoisotopic (exact) mass is 341 g/mol. The largest absolute Gasteiger partial charge is 0.413 e. The molecule has 2 aromatic rings. The van der Waals surface area contributed by atoms with Crippen molar-refractivity contribution in [2.24, 2.45) is 0 Å². The van der Waals surface area contributed by atoms with Crippen LogP contribution in [0.25, 0.3) is 0 Å². The molecule has 0 saturated carbocycles. The third-order valence-corrected chi connectivity index (χ3v) is 3.77. The maximum atomic E-state index is 13.8. The first kappa shape index (κ1) is 17.7. The summed E-state index contributed by atoms with van der Waals surface area (Å²) in [7, 11) is 0. The summed E-state index contributed by atoms with van der Waals surface area (Å²) in [6, 6.07) is 3.87. The number of halogens is 2. The molecule has 0 aliphatic rings. The van der Waals surface area contributed by atoms with Gasteiger partial charge in [0.05, 0.1) is 6.67 Å². The Labute approximate surface area is 139 Å². The number of nitrogens with zero attached hydrogens (tertiary/aromatic N) is 3. The first-order chi connectivity index (χ1) is 10.7. The smallest absolute Gasteiger partial charge is 0.288 e. The van der Waals surface area contributed by atoms with Crippen LogP contribution in [0.1, 0.15) is 39.1 Å². The Morgan fingerprint density at radius 1 is 1.26 bits per heavy atom. The second-order valence-electron chi connectivity index (χ2n) is 6.41. The number of aromatic nitrogens is 2. The number of benzene rings is 1. The van der Waals surface area contributed by atoms with E-state index >= 15 is 0 Å². The van der Waals surface area contributed by atoms with E-state index in [-0.39, 0.29) is 22.4 Å². The SMILES string of the molecule is CCN(Cc1c(F)cccc1F)Cn1nc(C(C)(C)C)oc1=S. The summed E-state index contributed by atoms with van der Waals surface area (Å²) in [6.45, 7) is 8.87. The van der Waals surface area contributed by atoms with Crippen molar-refractivity contribution < 1.29 is 13.2 Å². The second kappa shape index (κ2) is 6.88. The molecule has 0 saturated heterocycles. The molecule has 1 heterocycles. The highest BCUT2D eigenvalue weighted by atomic mass is 32.1. The molecule has 7 heteroatoms. The van der Waals surface area contributed by atoms with Crippen LogP contribution in [0.4, 0.5) is 8.78 Å². The summed E-state index contributed by atoms with van der Waals surface area (Å²) in [6.07, 6.45) is 0. The fourth-order valence-electron chi connectivity index (χ4n) is 2.06. The maximum absolute atomic E-state index is 13.8. The molecule has 0 spiro atoms. The molecule has 1 aromatic carbocycles. The third-order valence-electron chi connectivity index (χ3n) is 3.47. The highest BCUT2D eigenvalue weighted by Gasteiger charge is 2.22. The minimum Gasteiger partial charge on any atom is -0.413 e. The first-order valence-electron chi connectivity index (χ1n) is 7.46. The van der Waals surface area contributed by atoms with Gasteiger partial charge in [-0.25, -0.2) is 13.5 Å². The van der Waals surface area contributed by atoms with Gasteiger partial charge in [0.2, 0.25) is 5.89 Å². The van der Waals surface area contributed by atoms with E-state index < -0.39 is 11.6 Å². The molecule has 0 fully saturated rings. The van der Waals surface area contributed by atoms with Gasteiger partial charge in [-0.15, -0.1) is 5.10 Å². The van der Waals surface area contributed by atoms with E-state index in [0.717, 1.165) is 0 Å². The molecule has 0 aliphatic heterocycles. The van der Waals surface area contributed by atoms with E-state index in [1.165, 1.54) is 22.9 Å². The summed E-state index contributed by atoms with van der Waals surface area (Å²) in [5.74, 6) is -0.569. The van der Waals surface area contributed by atoms with Crippen LogP contribution in [0.15, 0.2) is 22.6 Å². The quantitative estimate of drug-likeness (QED) is 0.761. The zero-order valence-corrected chi connectivity index (χ0v) is 14.6. The van der Waals surface area contributed by atoms with Gasteiger partial charge >= 0.3 is 0 Å². The van der Waals surface area contributed by atoms with Crippen molar-refractivity contribution in [3.8, 4) is 0 Å². The summed E-state index contributed by atoms with van der Waals surface area (Å²) in [5.41, 5.74) is -0.214. The minimum atomic E-state index is -0.553. The van der Waals surface area contributed by atoms with E-state index in [1.807, 2.05) is 32.6 Å². The molecule has 0 bridgehead atoms. The summed E-state index contributed by atoms with van der Waals surface area (Å²) < 4.78 is 34.6. The molecule has 0 amide bonds. The number of hydrogen-bond acceptors (Lipinski definition) is 4. The van der Waals surface area contributed by atoms with Gasteiger partial charge in [-0.05, 0) is 30.9 Å². The summed E-state index contributed by atoms with van der Waals surface area (Å²) in [5, 5.41) is 4.37. The summed E-state index contributed by atoms with van der Waals surface area (Å²) in [4.78, 5) is 2.09. The average Bonchev–Trinajstić information content (AvgIpc) is 2.83. The molecule has 0 N–H and O–H groups in total. The van der Waals surface area contributed by atoms with Crippen molar-refractivity contribution in [1.82, 2.24) is 14.7 Å². The predicted molar refractivity (Wildman–Crippen MR) is 86.5 cm³/mol. The second-order valence-corrected chi connectivity index (χ2v) is 6.76. The van der Waals surface area contributed by atoms with Gasteiger partial charge in [-0.2, -0.15) is 0 Å². The van der Waals surface area contributed by atoms with Crippen molar-refractivity contribution in [3.05, 3.63) is 46.1 Å². The van der Waals surface area contributed by atoms with Gasteiger partial charge in [0.25, 0.3) is 4.84 Å². The lowest BCUT2D eigenvalue weighted by molar-refractivity contribution is 0.199. The van der Waals surface area contributed by atoms with E-state index in [9.17, 15) is 8.78 Å². The zero-order valence-electron chi connectivity index (χ0n) is 13.8. The zero-order chi connectivity index (χ0) is 17.2. The van der Waals surface area contributed by atoms with Gasteiger partial charge < -0.3 is 4.42 Å². The van der Waals surface area contributed by atoms with E-state index in [1.54, 1.807) is 0 Å². The van der Waals surface area contributed by atoms with Crippen molar-refractivity contribution in [1.29, 1.82) is 0 Å². The Kier molecular flexibility index (Phi) is 5.31. The molecular formula is C16H21F2N3OS. The van der Waals surface area contributed by atoms with Crippen LogP contribution in [0.2, 0.25) is 0 Å². The Bertz CT molecular complexity index is 713. The standard InChI is InChI=1S/C16H21F2N3OS/c1-5-20(9-11-12(17)7-6-8-13(11)18)10-21-15(23)22-14(19-21)16(2,3)4/h6-8H,5,9-10H2,1-4H3. The average molecular weight is 341 g/mol. The topological polar surface area (TPSA) is 34.2 Å². The molecule has 0 unspecified atom stereocenters. The van der Waals surface area contributed by atoms with Crippen LogP contribution >= 0.6 is 12.2 Å². The molecule has 23 heavy (non-hydrogen) atoms. The van der Waals surface area contributed by atoms with Crippen LogP contribution in [0, 0.1) is 16.5 Å². The molecule has 1 aromatic heterocycles. The lowest BCUT2D eigenvalue weighted by Gasteiger charge is -2.20. The predicted octanol–water partition coefficient (Wildman–Crippen LogP) is 4.26. The van der Waals surface area contributed by atoms with Gasteiger partial charge in [-0.1, -0.05) is 33.8 Å². The molecule has 4 nitrogen and oxygen atoms in total. The summed E-state index contributed by atoms with van der Waals surface area (Å²) >= 11 is 5.18. The molecular weight excluding hydrogens is 320 g/mol.